The number of rotatable bonds is 8. The maximum absolute atomic E-state index is 11.0. The van der Waals surface area contributed by atoms with E-state index in [2.05, 4.69) is 11.2 Å². The minimum Gasteiger partial charge on any atom is -0.508 e. The summed E-state index contributed by atoms with van der Waals surface area (Å²) in [6.45, 7) is 4.12. The maximum atomic E-state index is 11.0. The van der Waals surface area contributed by atoms with Gasteiger partial charge in [0, 0.05) is 17.5 Å². The number of allylic oxidation sites excluding steroid dienone is 2. The zero-order chi connectivity index (χ0) is 19.1. The van der Waals surface area contributed by atoms with Crippen molar-refractivity contribution >= 4 is 17.9 Å². The fraction of sp³-hybridized carbons (Fsp3) is 0.350. The van der Waals surface area contributed by atoms with Crippen LogP contribution in [0.3, 0.4) is 0 Å². The number of carboxylic acids is 1. The smallest absolute Gasteiger partial charge is 0.303 e. The lowest BCUT2D eigenvalue weighted by atomic mass is 9.99. The van der Waals surface area contributed by atoms with Gasteiger partial charge in [-0.1, -0.05) is 13.0 Å². The predicted molar refractivity (Wildman–Crippen MR) is 104 cm³/mol. The number of hydrogen-bond donors (Lipinski definition) is 2. The molecule has 0 aromatic heterocycles. The summed E-state index contributed by atoms with van der Waals surface area (Å²) in [5.74, 6) is 0.188. The van der Waals surface area contributed by atoms with E-state index >= 15 is 0 Å². The molecule has 0 fully saturated rings. The number of benzene rings is 1. The second kappa shape index (κ2) is 9.38. The highest BCUT2D eigenvalue weighted by Gasteiger charge is 2.27. The van der Waals surface area contributed by atoms with Crippen LogP contribution in [0, 0.1) is 0 Å². The number of aromatic hydroxyl groups is 1. The van der Waals surface area contributed by atoms with E-state index in [1.165, 1.54) is 11.9 Å². The van der Waals surface area contributed by atoms with E-state index in [4.69, 9.17) is 9.84 Å². The number of aliphatic carboxylic acids is 1. The molecule has 140 valence electrons. The highest BCUT2D eigenvalue weighted by molar-refractivity contribution is 7.97. The summed E-state index contributed by atoms with van der Waals surface area (Å²) in [6.07, 6.45) is 7.39. The van der Waals surface area contributed by atoms with Gasteiger partial charge in [-0.15, -0.1) is 0 Å². The molecule has 0 spiro atoms. The van der Waals surface area contributed by atoms with Crippen LogP contribution in [0.25, 0.3) is 0 Å². The summed E-state index contributed by atoms with van der Waals surface area (Å²) in [4.78, 5) is 11.9. The Morgan fingerprint density at radius 2 is 2.19 bits per heavy atom. The Kier molecular flexibility index (Phi) is 7.21. The van der Waals surface area contributed by atoms with E-state index in [-0.39, 0.29) is 18.2 Å². The van der Waals surface area contributed by atoms with Gasteiger partial charge in [-0.25, -0.2) is 0 Å². The van der Waals surface area contributed by atoms with Crippen molar-refractivity contribution in [3.8, 4) is 5.75 Å². The van der Waals surface area contributed by atoms with Crippen molar-refractivity contribution in [3.63, 3.8) is 0 Å². The molecule has 1 heterocycles. The van der Waals surface area contributed by atoms with Gasteiger partial charge in [0.1, 0.15) is 11.5 Å². The molecule has 1 aliphatic rings. The summed E-state index contributed by atoms with van der Waals surface area (Å²) < 4.78 is 7.51. The van der Waals surface area contributed by atoms with Gasteiger partial charge >= 0.3 is 5.97 Å². The lowest BCUT2D eigenvalue weighted by Crippen LogP contribution is -2.18. The Hall–Kier alpha value is -2.34. The van der Waals surface area contributed by atoms with E-state index in [1.54, 1.807) is 25.3 Å². The van der Waals surface area contributed by atoms with Gasteiger partial charge in [-0.05, 0) is 73.2 Å². The Labute approximate surface area is 158 Å². The molecule has 0 radical (unpaired) electrons. The molecule has 1 aliphatic heterocycles. The third-order valence-electron chi connectivity index (χ3n) is 4.06. The maximum Gasteiger partial charge on any atom is 0.303 e. The number of methoxy groups -OCH3 is 1. The van der Waals surface area contributed by atoms with Gasteiger partial charge in [0.25, 0.3) is 0 Å². The zero-order valence-electron chi connectivity index (χ0n) is 15.3. The molecule has 1 unspecified atom stereocenters. The van der Waals surface area contributed by atoms with Crippen LogP contribution >= 0.6 is 11.9 Å². The number of ether oxygens (including phenoxy) is 1. The molecule has 2 N–H and O–H groups in total. The number of phenols is 1. The minimum atomic E-state index is -0.812. The first-order valence-corrected chi connectivity index (χ1v) is 9.35. The minimum absolute atomic E-state index is 0.0570. The van der Waals surface area contributed by atoms with Crippen LogP contribution in [0.5, 0.6) is 5.75 Å². The second-order valence-electron chi connectivity index (χ2n) is 5.99. The van der Waals surface area contributed by atoms with Crippen molar-refractivity contribution in [2.45, 2.75) is 44.0 Å². The third kappa shape index (κ3) is 5.33. The molecule has 0 saturated heterocycles. The molecule has 0 amide bonds. The predicted octanol–water partition coefficient (Wildman–Crippen LogP) is 4.72. The van der Waals surface area contributed by atoms with Gasteiger partial charge in [0.15, 0.2) is 0 Å². The molecule has 1 aromatic carbocycles. The number of carboxylic acid groups (broad SMARTS) is 1. The number of nitrogens with zero attached hydrogens (tertiary/aromatic N) is 1. The molecule has 0 aliphatic carbocycles. The Balaban J connectivity index is 2.28. The number of carbonyl (C=O) groups is 1. The normalized spacial score (nSPS) is 19.0. The number of phenolic OH excluding ortho intramolecular Hbond substituents is 1. The van der Waals surface area contributed by atoms with Gasteiger partial charge in [0.05, 0.1) is 13.2 Å². The van der Waals surface area contributed by atoms with E-state index < -0.39 is 5.97 Å². The fourth-order valence-corrected chi connectivity index (χ4v) is 3.74. The van der Waals surface area contributed by atoms with Gasteiger partial charge in [-0.2, -0.15) is 0 Å². The average molecular weight is 375 g/mol. The molecule has 0 bridgehead atoms. The first-order valence-electron chi connectivity index (χ1n) is 8.58. The van der Waals surface area contributed by atoms with Crippen molar-refractivity contribution < 1.29 is 19.7 Å². The zero-order valence-corrected chi connectivity index (χ0v) is 16.1. The number of hydrogen-bond acceptors (Lipinski definition) is 5. The summed E-state index contributed by atoms with van der Waals surface area (Å²) in [6, 6.07) is 7.14. The van der Waals surface area contributed by atoms with Crippen LogP contribution < -0.4 is 0 Å². The summed E-state index contributed by atoms with van der Waals surface area (Å²) in [5, 5.41) is 18.7. The summed E-state index contributed by atoms with van der Waals surface area (Å²) in [7, 11) is 1.64. The van der Waals surface area contributed by atoms with E-state index in [0.717, 1.165) is 28.2 Å². The van der Waals surface area contributed by atoms with Gasteiger partial charge in [-0.3, -0.25) is 4.79 Å². The molecular weight excluding hydrogens is 350 g/mol. The van der Waals surface area contributed by atoms with Crippen molar-refractivity contribution in [2.24, 2.45) is 0 Å². The largest absolute Gasteiger partial charge is 0.508 e. The molecule has 6 heteroatoms. The highest BCUT2D eigenvalue weighted by Crippen LogP contribution is 2.39. The lowest BCUT2D eigenvalue weighted by Gasteiger charge is -2.22. The van der Waals surface area contributed by atoms with E-state index in [9.17, 15) is 9.90 Å². The monoisotopic (exact) mass is 375 g/mol. The van der Waals surface area contributed by atoms with Crippen molar-refractivity contribution in [1.29, 1.82) is 0 Å². The molecule has 26 heavy (non-hydrogen) atoms. The highest BCUT2D eigenvalue weighted by atomic mass is 32.2. The Morgan fingerprint density at radius 1 is 1.42 bits per heavy atom. The fourth-order valence-electron chi connectivity index (χ4n) is 2.73. The van der Waals surface area contributed by atoms with E-state index in [1.807, 2.05) is 31.3 Å². The SMILES string of the molecule is CC/C=C(\C=C1\C(CCC(=O)O)=CN(Sc2cccc(O)c2)C1C)OC. The molecule has 5 nitrogen and oxygen atoms in total. The van der Waals surface area contributed by atoms with Crippen molar-refractivity contribution in [1.82, 2.24) is 4.31 Å². The van der Waals surface area contributed by atoms with Crippen LogP contribution in [0.2, 0.25) is 0 Å². The van der Waals surface area contributed by atoms with Crippen LogP contribution in [-0.4, -0.2) is 33.6 Å². The quantitative estimate of drug-likeness (QED) is 0.506. The van der Waals surface area contributed by atoms with Crippen LogP contribution in [0.4, 0.5) is 0 Å². The molecule has 1 atom stereocenters. The molecule has 2 rings (SSSR count). The van der Waals surface area contributed by atoms with E-state index in [0.29, 0.717) is 6.42 Å². The summed E-state index contributed by atoms with van der Waals surface area (Å²) >= 11 is 1.51. The first-order chi connectivity index (χ1) is 12.4. The third-order valence-corrected chi connectivity index (χ3v) is 5.16. The van der Waals surface area contributed by atoms with Gasteiger partial charge in [0.2, 0.25) is 0 Å². The van der Waals surface area contributed by atoms with Crippen molar-refractivity contribution in [2.75, 3.05) is 7.11 Å². The molecule has 0 saturated carbocycles. The van der Waals surface area contributed by atoms with Crippen LogP contribution in [0.1, 0.15) is 33.1 Å². The molecule has 1 aromatic rings. The summed E-state index contributed by atoms with van der Waals surface area (Å²) in [5.41, 5.74) is 2.05. The van der Waals surface area contributed by atoms with Crippen LogP contribution in [0.15, 0.2) is 64.4 Å². The topological polar surface area (TPSA) is 70.0 Å². The Bertz CT molecular complexity index is 739. The lowest BCUT2D eigenvalue weighted by molar-refractivity contribution is -0.136. The first kappa shape index (κ1) is 20.0. The molecular formula is C20H25NO4S. The standard InChI is InChI=1S/C20H25NO4S/c1-4-6-17(25-3)12-19-14(2)21(13-15(19)9-10-20(23)24)26-18-8-5-7-16(22)11-18/h5-8,11-14,22H,4,9-10H2,1-3H3,(H,23,24)/b17-6+,19-12+. The average Bonchev–Trinajstić information content (AvgIpc) is 2.88. The Morgan fingerprint density at radius 3 is 2.81 bits per heavy atom. The van der Waals surface area contributed by atoms with Crippen molar-refractivity contribution in [3.05, 3.63) is 59.5 Å². The second-order valence-corrected chi connectivity index (χ2v) is 7.07. The van der Waals surface area contributed by atoms with Crippen LogP contribution in [-0.2, 0) is 9.53 Å². The van der Waals surface area contributed by atoms with Gasteiger partial charge < -0.3 is 19.3 Å².